The molecule has 2 fully saturated rings. The highest BCUT2D eigenvalue weighted by Gasteiger charge is 2.30. The van der Waals surface area contributed by atoms with Gasteiger partial charge in [-0.15, -0.1) is 0 Å². The zero-order valence-corrected chi connectivity index (χ0v) is 17.8. The highest BCUT2D eigenvalue weighted by Crippen LogP contribution is 2.24. The molecule has 0 aromatic heterocycles. The van der Waals surface area contributed by atoms with Crippen LogP contribution in [0.1, 0.15) is 45.1 Å². The smallest absolute Gasteiger partial charge is 0.239 e. The summed E-state index contributed by atoms with van der Waals surface area (Å²) in [5.41, 5.74) is 1.26. The standard InChI is InChI=1S/C23H37N3O2/c1-18(2)15-26(23(27)21-8-6-12-24-21)16-19-10-13-25(14-11-19)17-20-7-4-5-9-22(20)28-3/h4-5,7,9,18-19,21,24H,6,8,10-17H2,1-3H3/t21-/m1/s1. The van der Waals surface area contributed by atoms with Crippen LogP contribution in [0.15, 0.2) is 24.3 Å². The quantitative estimate of drug-likeness (QED) is 0.744. The molecule has 2 aliphatic heterocycles. The zero-order chi connectivity index (χ0) is 19.9. The lowest BCUT2D eigenvalue weighted by Crippen LogP contribution is -2.48. The maximum Gasteiger partial charge on any atom is 0.239 e. The van der Waals surface area contributed by atoms with E-state index < -0.39 is 0 Å². The Bertz CT molecular complexity index is 620. The fourth-order valence-corrected chi connectivity index (χ4v) is 4.52. The first kappa shape index (κ1) is 21.1. The van der Waals surface area contributed by atoms with E-state index in [1.807, 2.05) is 12.1 Å². The van der Waals surface area contributed by atoms with E-state index in [-0.39, 0.29) is 6.04 Å². The number of hydrogen-bond acceptors (Lipinski definition) is 4. The summed E-state index contributed by atoms with van der Waals surface area (Å²) in [4.78, 5) is 17.6. The van der Waals surface area contributed by atoms with Crippen LogP contribution in [0, 0.1) is 11.8 Å². The minimum absolute atomic E-state index is 0.0457. The van der Waals surface area contributed by atoms with Gasteiger partial charge in [0.2, 0.25) is 5.91 Å². The van der Waals surface area contributed by atoms with Gasteiger partial charge < -0.3 is 15.0 Å². The van der Waals surface area contributed by atoms with E-state index in [4.69, 9.17) is 4.74 Å². The number of hydrogen-bond donors (Lipinski definition) is 1. The molecule has 0 bridgehead atoms. The van der Waals surface area contributed by atoms with Gasteiger partial charge in [0.05, 0.1) is 13.2 Å². The molecular formula is C23H37N3O2. The normalized spacial score (nSPS) is 21.2. The predicted molar refractivity (Wildman–Crippen MR) is 113 cm³/mol. The number of methoxy groups -OCH3 is 1. The average molecular weight is 388 g/mol. The largest absolute Gasteiger partial charge is 0.496 e. The summed E-state index contributed by atoms with van der Waals surface area (Å²) in [5, 5.41) is 3.38. The van der Waals surface area contributed by atoms with Crippen molar-refractivity contribution >= 4 is 5.91 Å². The van der Waals surface area contributed by atoms with Gasteiger partial charge in [-0.25, -0.2) is 0 Å². The third kappa shape index (κ3) is 5.71. The summed E-state index contributed by atoms with van der Waals surface area (Å²) in [6, 6.07) is 8.34. The summed E-state index contributed by atoms with van der Waals surface area (Å²) in [6.45, 7) is 10.3. The fourth-order valence-electron chi connectivity index (χ4n) is 4.52. The van der Waals surface area contributed by atoms with Crippen molar-refractivity contribution in [3.8, 4) is 5.75 Å². The second kappa shape index (κ2) is 10.3. The molecule has 0 unspecified atom stereocenters. The molecule has 0 spiro atoms. The number of likely N-dealkylation sites (tertiary alicyclic amines) is 1. The lowest BCUT2D eigenvalue weighted by Gasteiger charge is -2.36. The SMILES string of the molecule is COc1ccccc1CN1CCC(CN(CC(C)C)C(=O)[C@H]2CCCN2)CC1. The van der Waals surface area contributed by atoms with E-state index >= 15 is 0 Å². The molecule has 1 N–H and O–H groups in total. The van der Waals surface area contributed by atoms with Crippen LogP contribution in [0.3, 0.4) is 0 Å². The van der Waals surface area contributed by atoms with Crippen LogP contribution in [0.2, 0.25) is 0 Å². The number of nitrogens with zero attached hydrogens (tertiary/aromatic N) is 2. The number of ether oxygens (including phenoxy) is 1. The Morgan fingerprint density at radius 1 is 1.25 bits per heavy atom. The summed E-state index contributed by atoms with van der Waals surface area (Å²) in [6.07, 6.45) is 4.43. The number of piperidine rings is 1. The van der Waals surface area contributed by atoms with E-state index in [2.05, 4.69) is 41.1 Å². The van der Waals surface area contributed by atoms with Gasteiger partial charge >= 0.3 is 0 Å². The topological polar surface area (TPSA) is 44.8 Å². The molecule has 3 rings (SSSR count). The molecule has 0 saturated carbocycles. The van der Waals surface area contributed by atoms with Crippen molar-refractivity contribution in [1.82, 2.24) is 15.1 Å². The number of nitrogens with one attached hydrogen (secondary N) is 1. The van der Waals surface area contributed by atoms with Crippen molar-refractivity contribution in [2.75, 3.05) is 39.8 Å². The molecule has 1 aromatic carbocycles. The Balaban J connectivity index is 1.51. The van der Waals surface area contributed by atoms with E-state index in [0.717, 1.165) is 70.7 Å². The van der Waals surface area contributed by atoms with Crippen LogP contribution in [0.4, 0.5) is 0 Å². The van der Waals surface area contributed by atoms with Gasteiger partial charge in [0.15, 0.2) is 0 Å². The molecule has 28 heavy (non-hydrogen) atoms. The van der Waals surface area contributed by atoms with Gasteiger partial charge in [0, 0.05) is 25.2 Å². The van der Waals surface area contributed by atoms with Gasteiger partial charge in [0.1, 0.15) is 5.75 Å². The molecule has 5 heteroatoms. The maximum atomic E-state index is 13.0. The minimum atomic E-state index is 0.0457. The van der Waals surface area contributed by atoms with Crippen LogP contribution in [0.5, 0.6) is 5.75 Å². The second-order valence-electron chi connectivity index (χ2n) is 8.82. The first-order valence-electron chi connectivity index (χ1n) is 10.9. The Morgan fingerprint density at radius 2 is 2.00 bits per heavy atom. The molecule has 1 amide bonds. The highest BCUT2D eigenvalue weighted by molar-refractivity contribution is 5.82. The van der Waals surface area contributed by atoms with Crippen molar-refractivity contribution in [1.29, 1.82) is 0 Å². The van der Waals surface area contributed by atoms with Gasteiger partial charge in [-0.1, -0.05) is 32.0 Å². The number of benzene rings is 1. The van der Waals surface area contributed by atoms with Gasteiger partial charge in [-0.3, -0.25) is 9.69 Å². The summed E-state index contributed by atoms with van der Waals surface area (Å²) in [5.74, 6) is 2.42. The molecule has 156 valence electrons. The van der Waals surface area contributed by atoms with E-state index in [1.54, 1.807) is 7.11 Å². The molecule has 2 aliphatic rings. The van der Waals surface area contributed by atoms with Crippen molar-refractivity contribution < 1.29 is 9.53 Å². The van der Waals surface area contributed by atoms with Crippen molar-refractivity contribution in [2.45, 2.75) is 52.1 Å². The minimum Gasteiger partial charge on any atom is -0.496 e. The van der Waals surface area contributed by atoms with Crippen LogP contribution < -0.4 is 10.1 Å². The summed E-state index contributed by atoms with van der Waals surface area (Å²) in [7, 11) is 1.74. The van der Waals surface area contributed by atoms with Crippen LogP contribution in [-0.2, 0) is 11.3 Å². The molecule has 1 aromatic rings. The Labute approximate surface area is 170 Å². The van der Waals surface area contributed by atoms with E-state index in [1.165, 1.54) is 5.56 Å². The van der Waals surface area contributed by atoms with Crippen molar-refractivity contribution in [3.63, 3.8) is 0 Å². The van der Waals surface area contributed by atoms with Crippen LogP contribution in [0.25, 0.3) is 0 Å². The Morgan fingerprint density at radius 3 is 2.64 bits per heavy atom. The third-order valence-electron chi connectivity index (χ3n) is 6.03. The first-order valence-corrected chi connectivity index (χ1v) is 10.9. The van der Waals surface area contributed by atoms with E-state index in [9.17, 15) is 4.79 Å². The summed E-state index contributed by atoms with van der Waals surface area (Å²) < 4.78 is 5.50. The number of carbonyl (C=O) groups excluding carboxylic acids is 1. The van der Waals surface area contributed by atoms with Crippen LogP contribution in [-0.4, -0.2) is 61.6 Å². The Hall–Kier alpha value is -1.59. The number of carbonyl (C=O) groups is 1. The molecule has 2 heterocycles. The molecule has 1 atom stereocenters. The summed E-state index contributed by atoms with van der Waals surface area (Å²) >= 11 is 0. The van der Waals surface area contributed by atoms with Gasteiger partial charge in [-0.05, 0) is 63.2 Å². The molecular weight excluding hydrogens is 350 g/mol. The van der Waals surface area contributed by atoms with Crippen LogP contribution >= 0.6 is 0 Å². The molecule has 2 saturated heterocycles. The lowest BCUT2D eigenvalue weighted by molar-refractivity contribution is -0.134. The number of para-hydroxylation sites is 1. The zero-order valence-electron chi connectivity index (χ0n) is 17.8. The fraction of sp³-hybridized carbons (Fsp3) is 0.696. The second-order valence-corrected chi connectivity index (χ2v) is 8.82. The monoisotopic (exact) mass is 387 g/mol. The first-order chi connectivity index (χ1) is 13.6. The van der Waals surface area contributed by atoms with Gasteiger partial charge in [0.25, 0.3) is 0 Å². The highest BCUT2D eigenvalue weighted by atomic mass is 16.5. The average Bonchev–Trinajstić information content (AvgIpc) is 3.23. The molecule has 0 aliphatic carbocycles. The van der Waals surface area contributed by atoms with Gasteiger partial charge in [-0.2, -0.15) is 0 Å². The number of amides is 1. The molecule has 0 radical (unpaired) electrons. The lowest BCUT2D eigenvalue weighted by atomic mass is 9.95. The predicted octanol–water partition coefficient (Wildman–Crippen LogP) is 3.14. The molecule has 5 nitrogen and oxygen atoms in total. The van der Waals surface area contributed by atoms with Crippen molar-refractivity contribution in [3.05, 3.63) is 29.8 Å². The number of rotatable bonds is 8. The third-order valence-corrected chi connectivity index (χ3v) is 6.03. The maximum absolute atomic E-state index is 13.0. The van der Waals surface area contributed by atoms with E-state index in [0.29, 0.717) is 17.7 Å². The Kier molecular flexibility index (Phi) is 7.74. The van der Waals surface area contributed by atoms with Crippen molar-refractivity contribution in [2.24, 2.45) is 11.8 Å².